The highest BCUT2D eigenvalue weighted by Gasteiger charge is 2.32. The smallest absolute Gasteiger partial charge is 0.312 e. The summed E-state index contributed by atoms with van der Waals surface area (Å²) >= 11 is 5.83. The zero-order valence-corrected chi connectivity index (χ0v) is 26.7. The van der Waals surface area contributed by atoms with E-state index in [1.807, 2.05) is 29.1 Å². The first kappa shape index (κ1) is 33.2. The van der Waals surface area contributed by atoms with Crippen molar-refractivity contribution in [2.75, 3.05) is 18.1 Å². The Kier molecular flexibility index (Phi) is 10.2. The molecule has 0 saturated carbocycles. The minimum atomic E-state index is -4.23. The van der Waals surface area contributed by atoms with E-state index in [0.717, 1.165) is 35.2 Å². The summed E-state index contributed by atoms with van der Waals surface area (Å²) in [7, 11) is -4.23. The van der Waals surface area contributed by atoms with Crippen molar-refractivity contribution >= 4 is 39.4 Å². The van der Waals surface area contributed by atoms with E-state index in [0.29, 0.717) is 17.1 Å². The van der Waals surface area contributed by atoms with Crippen LogP contribution in [0.25, 0.3) is 11.1 Å². The number of carbonyl (C=O) groups excluding carboxylic acids is 2. The fourth-order valence-electron chi connectivity index (χ4n) is 5.59. The number of nitrogens with zero attached hydrogens (tertiary/aromatic N) is 3. The molecule has 2 amide bonds. The average molecular weight is 671 g/mol. The van der Waals surface area contributed by atoms with Crippen LogP contribution < -0.4 is 9.62 Å². The molecular formula is C33H33ClF2N4O5S. The molecule has 46 heavy (non-hydrogen) atoms. The van der Waals surface area contributed by atoms with E-state index in [-0.39, 0.29) is 43.0 Å². The van der Waals surface area contributed by atoms with Gasteiger partial charge in [0.05, 0.1) is 19.3 Å². The van der Waals surface area contributed by atoms with Gasteiger partial charge in [0.15, 0.2) is 0 Å². The molecule has 1 aromatic heterocycles. The number of halogens is 3. The number of fused-ring (bicyclic) bond motifs is 1. The molecule has 1 N–H and O–H groups in total. The van der Waals surface area contributed by atoms with Crippen LogP contribution in [0.2, 0.25) is 5.02 Å². The first-order valence-electron chi connectivity index (χ1n) is 14.9. The van der Waals surface area contributed by atoms with Gasteiger partial charge >= 0.3 is 10.3 Å². The summed E-state index contributed by atoms with van der Waals surface area (Å²) < 4.78 is 61.5. The van der Waals surface area contributed by atoms with Crippen molar-refractivity contribution < 1.29 is 31.0 Å². The molecule has 0 aliphatic carbocycles. The standard InChI is InChI=1S/C33H33ClF2N4O5S/c1-2-45-46(43,44)38-32(42)28-9-4-3-8-23(28)21-39-22-24(20-37-39)27-10-5-12-30-29(27)11-7-19-40(30)31(41)13-6-18-33(35,36)25-14-16-26(34)17-15-25/h3-5,8-10,12,14-17,20,22H,2,6-7,11,13,18-19,21H2,1H3,(H,38,42). The number of hydrogen-bond acceptors (Lipinski definition) is 6. The predicted molar refractivity (Wildman–Crippen MR) is 171 cm³/mol. The highest BCUT2D eigenvalue weighted by atomic mass is 35.5. The molecule has 9 nitrogen and oxygen atoms in total. The Hall–Kier alpha value is -4.13. The lowest BCUT2D eigenvalue weighted by Crippen LogP contribution is -2.35. The second-order valence-corrected chi connectivity index (χ2v) is 12.7. The van der Waals surface area contributed by atoms with Gasteiger partial charge in [0.25, 0.3) is 11.8 Å². The van der Waals surface area contributed by atoms with Gasteiger partial charge in [-0.05, 0) is 67.1 Å². The molecule has 0 radical (unpaired) electrons. The molecule has 0 unspecified atom stereocenters. The molecule has 0 fully saturated rings. The Morgan fingerprint density at radius 1 is 1.07 bits per heavy atom. The number of hydrogen-bond donors (Lipinski definition) is 1. The van der Waals surface area contributed by atoms with Crippen molar-refractivity contribution in [3.8, 4) is 11.1 Å². The topological polar surface area (TPSA) is 111 Å². The highest BCUT2D eigenvalue weighted by molar-refractivity contribution is 7.85. The molecule has 0 atom stereocenters. The van der Waals surface area contributed by atoms with Gasteiger partial charge in [0, 0.05) is 53.0 Å². The van der Waals surface area contributed by atoms with E-state index in [4.69, 9.17) is 11.6 Å². The van der Waals surface area contributed by atoms with E-state index < -0.39 is 28.6 Å². The van der Waals surface area contributed by atoms with Crippen LogP contribution in [0.4, 0.5) is 14.5 Å². The van der Waals surface area contributed by atoms with Crippen molar-refractivity contribution in [1.29, 1.82) is 0 Å². The highest BCUT2D eigenvalue weighted by Crippen LogP contribution is 2.37. The Morgan fingerprint density at radius 2 is 1.83 bits per heavy atom. The van der Waals surface area contributed by atoms with E-state index >= 15 is 0 Å². The summed E-state index contributed by atoms with van der Waals surface area (Å²) in [5.41, 5.74) is 4.01. The molecule has 0 saturated heterocycles. The molecule has 0 spiro atoms. The lowest BCUT2D eigenvalue weighted by Gasteiger charge is -2.31. The second kappa shape index (κ2) is 14.1. The van der Waals surface area contributed by atoms with E-state index in [2.05, 4.69) is 9.28 Å². The molecule has 242 valence electrons. The monoisotopic (exact) mass is 670 g/mol. The molecule has 1 aliphatic rings. The van der Waals surface area contributed by atoms with Gasteiger partial charge in [-0.1, -0.05) is 54.1 Å². The largest absolute Gasteiger partial charge is 0.362 e. The van der Waals surface area contributed by atoms with Crippen LogP contribution in [-0.2, 0) is 38.2 Å². The van der Waals surface area contributed by atoms with Gasteiger partial charge in [-0.15, -0.1) is 0 Å². The number of amides is 2. The Morgan fingerprint density at radius 3 is 2.59 bits per heavy atom. The SMILES string of the molecule is CCOS(=O)(=O)NC(=O)c1ccccc1Cn1cc(-c2cccc3c2CCCN3C(=O)CCCC(F)(F)c2ccc(Cl)cc2)cn1. The molecule has 5 rings (SSSR count). The third-order valence-electron chi connectivity index (χ3n) is 7.73. The van der Waals surface area contributed by atoms with E-state index in [1.165, 1.54) is 37.3 Å². The van der Waals surface area contributed by atoms with E-state index in [1.54, 1.807) is 34.0 Å². The maximum Gasteiger partial charge on any atom is 0.362 e. The molecule has 2 heterocycles. The van der Waals surface area contributed by atoms with Crippen LogP contribution in [0, 0.1) is 0 Å². The summed E-state index contributed by atoms with van der Waals surface area (Å²) in [6.45, 7) is 2.08. The Bertz CT molecular complexity index is 1830. The fraction of sp³-hybridized carbons (Fsp3) is 0.303. The van der Waals surface area contributed by atoms with Crippen LogP contribution >= 0.6 is 11.6 Å². The van der Waals surface area contributed by atoms with Crippen LogP contribution in [0.1, 0.15) is 59.7 Å². The summed E-state index contributed by atoms with van der Waals surface area (Å²) in [5.74, 6) is -4.09. The molecular weight excluding hydrogens is 638 g/mol. The van der Waals surface area contributed by atoms with Gasteiger partial charge < -0.3 is 4.90 Å². The fourth-order valence-corrected chi connectivity index (χ4v) is 6.42. The third-order valence-corrected chi connectivity index (χ3v) is 8.96. The number of aromatic nitrogens is 2. The van der Waals surface area contributed by atoms with Crippen LogP contribution in [0.3, 0.4) is 0 Å². The summed E-state index contributed by atoms with van der Waals surface area (Å²) in [6.07, 6.45) is 4.53. The number of rotatable bonds is 12. The quantitative estimate of drug-likeness (QED) is 0.184. The van der Waals surface area contributed by atoms with Crippen LogP contribution in [0.5, 0.6) is 0 Å². The van der Waals surface area contributed by atoms with Gasteiger partial charge in [-0.3, -0.25) is 18.5 Å². The summed E-state index contributed by atoms with van der Waals surface area (Å²) in [6, 6.07) is 17.7. The third kappa shape index (κ3) is 7.80. The summed E-state index contributed by atoms with van der Waals surface area (Å²) in [5, 5.41) is 4.85. The minimum Gasteiger partial charge on any atom is -0.312 e. The number of alkyl halides is 2. The van der Waals surface area contributed by atoms with Crippen molar-refractivity contribution in [1.82, 2.24) is 14.5 Å². The maximum atomic E-state index is 14.7. The number of nitrogens with one attached hydrogen (secondary N) is 1. The summed E-state index contributed by atoms with van der Waals surface area (Å²) in [4.78, 5) is 27.7. The number of benzene rings is 3. The number of anilines is 1. The van der Waals surface area contributed by atoms with Gasteiger partial charge in [-0.25, -0.2) is 13.5 Å². The predicted octanol–water partition coefficient (Wildman–Crippen LogP) is 6.50. The van der Waals surface area contributed by atoms with Gasteiger partial charge in [0.2, 0.25) is 5.91 Å². The van der Waals surface area contributed by atoms with Crippen molar-refractivity contribution in [3.05, 3.63) is 106 Å². The lowest BCUT2D eigenvalue weighted by molar-refractivity contribution is -0.119. The van der Waals surface area contributed by atoms with Crippen molar-refractivity contribution in [2.24, 2.45) is 0 Å². The normalized spacial score (nSPS) is 13.3. The Balaban J connectivity index is 1.28. The van der Waals surface area contributed by atoms with Crippen molar-refractivity contribution in [2.45, 2.75) is 51.5 Å². The van der Waals surface area contributed by atoms with Gasteiger partial charge in [0.1, 0.15) is 0 Å². The van der Waals surface area contributed by atoms with Crippen LogP contribution in [-0.4, -0.2) is 43.2 Å². The van der Waals surface area contributed by atoms with E-state index in [9.17, 15) is 26.8 Å². The molecule has 3 aromatic carbocycles. The average Bonchev–Trinajstić information content (AvgIpc) is 3.48. The molecule has 0 bridgehead atoms. The lowest BCUT2D eigenvalue weighted by atomic mass is 9.93. The first-order chi connectivity index (χ1) is 22.0. The maximum absolute atomic E-state index is 14.7. The molecule has 4 aromatic rings. The second-order valence-electron chi connectivity index (χ2n) is 10.9. The number of carbonyl (C=O) groups is 2. The van der Waals surface area contributed by atoms with Crippen molar-refractivity contribution in [3.63, 3.8) is 0 Å². The van der Waals surface area contributed by atoms with Crippen LogP contribution in [0.15, 0.2) is 79.1 Å². The zero-order valence-electron chi connectivity index (χ0n) is 25.1. The first-order valence-corrected chi connectivity index (χ1v) is 16.6. The molecule has 1 aliphatic heterocycles. The molecule has 13 heteroatoms. The van der Waals surface area contributed by atoms with Gasteiger partial charge in [-0.2, -0.15) is 13.5 Å². The minimum absolute atomic E-state index is 0.0103. The zero-order chi connectivity index (χ0) is 32.9. The Labute approximate surface area is 271 Å².